The number of aliphatic carboxylic acids is 1. The SMILES string of the molecule is CC(C)N(C)CCCNC(=O)CC(=O)O. The molecule has 0 aliphatic carbocycles. The minimum Gasteiger partial charge on any atom is -0.481 e. The average Bonchev–Trinajstić information content (AvgIpc) is 2.10. The van der Waals surface area contributed by atoms with Gasteiger partial charge >= 0.3 is 5.97 Å². The van der Waals surface area contributed by atoms with Gasteiger partial charge < -0.3 is 15.3 Å². The monoisotopic (exact) mass is 216 g/mol. The number of hydrogen-bond donors (Lipinski definition) is 2. The fraction of sp³-hybridized carbons (Fsp3) is 0.800. The number of carboxylic acid groups (broad SMARTS) is 1. The molecule has 0 atom stereocenters. The van der Waals surface area contributed by atoms with Crippen LogP contribution in [-0.4, -0.2) is 48.1 Å². The molecule has 0 heterocycles. The summed E-state index contributed by atoms with van der Waals surface area (Å²) >= 11 is 0. The molecule has 0 aliphatic rings. The zero-order chi connectivity index (χ0) is 11.8. The van der Waals surface area contributed by atoms with Crippen LogP contribution >= 0.6 is 0 Å². The van der Waals surface area contributed by atoms with Crippen LogP contribution in [0.15, 0.2) is 0 Å². The standard InChI is InChI=1S/C10H20N2O3/c1-8(2)12(3)6-4-5-11-9(13)7-10(14)15/h8H,4-7H2,1-3H3,(H,11,13)(H,14,15). The highest BCUT2D eigenvalue weighted by atomic mass is 16.4. The van der Waals surface area contributed by atoms with E-state index in [-0.39, 0.29) is 0 Å². The van der Waals surface area contributed by atoms with Gasteiger partial charge in [0.2, 0.25) is 5.91 Å². The van der Waals surface area contributed by atoms with Crippen molar-refractivity contribution in [1.29, 1.82) is 0 Å². The van der Waals surface area contributed by atoms with E-state index in [1.165, 1.54) is 0 Å². The maximum atomic E-state index is 10.9. The summed E-state index contributed by atoms with van der Waals surface area (Å²) in [5, 5.41) is 10.9. The largest absolute Gasteiger partial charge is 0.481 e. The second-order valence-corrected chi connectivity index (χ2v) is 3.85. The first-order valence-electron chi connectivity index (χ1n) is 5.12. The molecule has 2 N–H and O–H groups in total. The summed E-state index contributed by atoms with van der Waals surface area (Å²) in [5.41, 5.74) is 0. The molecule has 88 valence electrons. The lowest BCUT2D eigenvalue weighted by atomic mass is 10.3. The van der Waals surface area contributed by atoms with Gasteiger partial charge in [-0.05, 0) is 33.9 Å². The van der Waals surface area contributed by atoms with Gasteiger partial charge in [-0.15, -0.1) is 0 Å². The Morgan fingerprint density at radius 1 is 1.40 bits per heavy atom. The molecule has 0 aromatic carbocycles. The Morgan fingerprint density at radius 3 is 2.47 bits per heavy atom. The average molecular weight is 216 g/mol. The number of amides is 1. The molecule has 0 spiro atoms. The number of nitrogens with one attached hydrogen (secondary N) is 1. The fourth-order valence-electron chi connectivity index (χ4n) is 1.01. The zero-order valence-electron chi connectivity index (χ0n) is 9.62. The highest BCUT2D eigenvalue weighted by molar-refractivity contribution is 5.93. The first kappa shape index (κ1) is 13.9. The molecule has 0 aromatic heterocycles. The van der Waals surface area contributed by atoms with E-state index in [1.807, 2.05) is 7.05 Å². The van der Waals surface area contributed by atoms with Crippen LogP contribution < -0.4 is 5.32 Å². The highest BCUT2D eigenvalue weighted by Crippen LogP contribution is 1.94. The van der Waals surface area contributed by atoms with Crippen LogP contribution in [0.2, 0.25) is 0 Å². The Hall–Kier alpha value is -1.10. The summed E-state index contributed by atoms with van der Waals surface area (Å²) in [7, 11) is 2.02. The number of carboxylic acids is 1. The third kappa shape index (κ3) is 7.93. The van der Waals surface area contributed by atoms with E-state index in [0.717, 1.165) is 13.0 Å². The second-order valence-electron chi connectivity index (χ2n) is 3.85. The van der Waals surface area contributed by atoms with Gasteiger partial charge in [0, 0.05) is 12.6 Å². The molecule has 0 fully saturated rings. The van der Waals surface area contributed by atoms with Gasteiger partial charge in [0.05, 0.1) is 0 Å². The number of nitrogens with zero attached hydrogens (tertiary/aromatic N) is 1. The normalized spacial score (nSPS) is 10.7. The Labute approximate surface area is 90.5 Å². The van der Waals surface area contributed by atoms with Crippen molar-refractivity contribution in [1.82, 2.24) is 10.2 Å². The Morgan fingerprint density at radius 2 is 2.00 bits per heavy atom. The van der Waals surface area contributed by atoms with Crippen LogP contribution in [0.5, 0.6) is 0 Å². The van der Waals surface area contributed by atoms with Gasteiger partial charge in [-0.2, -0.15) is 0 Å². The quantitative estimate of drug-likeness (QED) is 0.474. The third-order valence-electron chi connectivity index (χ3n) is 2.20. The lowest BCUT2D eigenvalue weighted by molar-refractivity contribution is -0.140. The van der Waals surface area contributed by atoms with Gasteiger partial charge in [-0.3, -0.25) is 9.59 Å². The topological polar surface area (TPSA) is 69.6 Å². The van der Waals surface area contributed by atoms with Crippen molar-refractivity contribution in [3.63, 3.8) is 0 Å². The summed E-state index contributed by atoms with van der Waals surface area (Å²) in [4.78, 5) is 23.3. The highest BCUT2D eigenvalue weighted by Gasteiger charge is 2.06. The molecule has 5 heteroatoms. The van der Waals surface area contributed by atoms with E-state index in [0.29, 0.717) is 12.6 Å². The van der Waals surface area contributed by atoms with Crippen LogP contribution in [0.4, 0.5) is 0 Å². The maximum absolute atomic E-state index is 10.9. The van der Waals surface area contributed by atoms with E-state index in [1.54, 1.807) is 0 Å². The first-order valence-corrected chi connectivity index (χ1v) is 5.12. The molecule has 0 saturated heterocycles. The molecule has 0 aromatic rings. The van der Waals surface area contributed by atoms with Crippen molar-refractivity contribution in [2.75, 3.05) is 20.1 Å². The number of carbonyl (C=O) groups is 2. The summed E-state index contributed by atoms with van der Waals surface area (Å²) in [6.07, 6.45) is 0.389. The van der Waals surface area contributed by atoms with Gasteiger partial charge in [-0.25, -0.2) is 0 Å². The Balaban J connectivity index is 3.46. The van der Waals surface area contributed by atoms with E-state index in [9.17, 15) is 9.59 Å². The van der Waals surface area contributed by atoms with E-state index in [2.05, 4.69) is 24.1 Å². The van der Waals surface area contributed by atoms with Crippen molar-refractivity contribution >= 4 is 11.9 Å². The predicted octanol–water partition coefficient (Wildman–Crippen LogP) is 0.308. The van der Waals surface area contributed by atoms with Crippen molar-refractivity contribution < 1.29 is 14.7 Å². The van der Waals surface area contributed by atoms with Crippen LogP contribution in [0.1, 0.15) is 26.7 Å². The molecule has 0 bridgehead atoms. The van der Waals surface area contributed by atoms with Gasteiger partial charge in [-0.1, -0.05) is 0 Å². The van der Waals surface area contributed by atoms with Crippen LogP contribution in [-0.2, 0) is 9.59 Å². The molecule has 0 aliphatic heterocycles. The lowest BCUT2D eigenvalue weighted by Crippen LogP contribution is -2.32. The predicted molar refractivity (Wildman–Crippen MR) is 57.6 cm³/mol. The second kappa shape index (κ2) is 7.23. The van der Waals surface area contributed by atoms with Crippen LogP contribution in [0.25, 0.3) is 0 Å². The number of carbonyl (C=O) groups excluding carboxylic acids is 1. The van der Waals surface area contributed by atoms with Gasteiger partial charge in [0.1, 0.15) is 6.42 Å². The third-order valence-corrected chi connectivity index (χ3v) is 2.20. The van der Waals surface area contributed by atoms with Crippen LogP contribution in [0.3, 0.4) is 0 Å². The number of hydrogen-bond acceptors (Lipinski definition) is 3. The van der Waals surface area contributed by atoms with E-state index in [4.69, 9.17) is 5.11 Å². The molecule has 15 heavy (non-hydrogen) atoms. The van der Waals surface area contributed by atoms with Crippen molar-refractivity contribution in [3.05, 3.63) is 0 Å². The molecule has 0 saturated carbocycles. The molecule has 0 rings (SSSR count). The lowest BCUT2D eigenvalue weighted by Gasteiger charge is -2.20. The maximum Gasteiger partial charge on any atom is 0.312 e. The van der Waals surface area contributed by atoms with Crippen molar-refractivity contribution in [3.8, 4) is 0 Å². The molecular formula is C10H20N2O3. The van der Waals surface area contributed by atoms with E-state index < -0.39 is 18.3 Å². The van der Waals surface area contributed by atoms with E-state index >= 15 is 0 Å². The summed E-state index contributed by atoms with van der Waals surface area (Å²) in [6.45, 7) is 5.63. The van der Waals surface area contributed by atoms with Crippen LogP contribution in [0, 0.1) is 0 Å². The summed E-state index contributed by atoms with van der Waals surface area (Å²) in [5.74, 6) is -1.51. The smallest absolute Gasteiger partial charge is 0.312 e. The minimum atomic E-state index is -1.09. The van der Waals surface area contributed by atoms with Crippen molar-refractivity contribution in [2.45, 2.75) is 32.7 Å². The first-order chi connectivity index (χ1) is 6.93. The molecular weight excluding hydrogens is 196 g/mol. The van der Waals surface area contributed by atoms with Gasteiger partial charge in [0.15, 0.2) is 0 Å². The summed E-state index contributed by atoms with van der Waals surface area (Å²) < 4.78 is 0. The van der Waals surface area contributed by atoms with Gasteiger partial charge in [0.25, 0.3) is 0 Å². The molecule has 0 unspecified atom stereocenters. The Bertz CT molecular complexity index is 217. The Kier molecular flexibility index (Phi) is 6.70. The fourth-order valence-corrected chi connectivity index (χ4v) is 1.01. The van der Waals surface area contributed by atoms with Crippen molar-refractivity contribution in [2.24, 2.45) is 0 Å². The molecule has 0 radical (unpaired) electrons. The minimum absolute atomic E-state index is 0.422. The zero-order valence-corrected chi connectivity index (χ0v) is 9.62. The number of rotatable bonds is 7. The molecule has 5 nitrogen and oxygen atoms in total. The molecule has 1 amide bonds. The summed E-state index contributed by atoms with van der Waals surface area (Å²) in [6, 6.07) is 0.486.